The minimum absolute atomic E-state index is 0.0545. The molecule has 0 unspecified atom stereocenters. The first-order valence-corrected chi connectivity index (χ1v) is 7.26. The summed E-state index contributed by atoms with van der Waals surface area (Å²) in [5.74, 6) is 0. The molecule has 106 valence electrons. The number of nitro groups is 1. The highest BCUT2D eigenvalue weighted by Crippen LogP contribution is 2.33. The van der Waals surface area contributed by atoms with E-state index in [0.29, 0.717) is 16.6 Å². The predicted molar refractivity (Wildman–Crippen MR) is 84.9 cm³/mol. The number of hydrogen-bond donors (Lipinski definition) is 0. The smallest absolute Gasteiger partial charge is 0.293 e. The van der Waals surface area contributed by atoms with Crippen LogP contribution in [-0.4, -0.2) is 12.0 Å². The number of alkyl halides is 1. The van der Waals surface area contributed by atoms with Crippen LogP contribution in [0, 0.1) is 21.4 Å². The van der Waals surface area contributed by atoms with Gasteiger partial charge < -0.3 is 4.90 Å². The minimum Gasteiger partial charge on any atom is -0.339 e. The lowest BCUT2D eigenvalue weighted by atomic mass is 10.1. The Bertz CT molecular complexity index is 708. The van der Waals surface area contributed by atoms with Gasteiger partial charge in [0.1, 0.15) is 5.69 Å². The van der Waals surface area contributed by atoms with Crippen LogP contribution in [0.1, 0.15) is 11.1 Å². The number of anilines is 2. The fourth-order valence-electron chi connectivity index (χ4n) is 1.98. The summed E-state index contributed by atoms with van der Waals surface area (Å²) in [6, 6.07) is 14.1. The third kappa shape index (κ3) is 3.20. The van der Waals surface area contributed by atoms with Gasteiger partial charge in [-0.25, -0.2) is 0 Å². The van der Waals surface area contributed by atoms with Crippen LogP contribution in [0.25, 0.3) is 0 Å². The molecule has 0 aliphatic heterocycles. The SMILES string of the molecule is CN(c1ccc(C#N)cc1)c1ccc(CBr)cc1[N+](=O)[O-]. The Kier molecular flexibility index (Phi) is 4.55. The van der Waals surface area contributed by atoms with Gasteiger partial charge >= 0.3 is 0 Å². The normalized spacial score (nSPS) is 9.95. The van der Waals surface area contributed by atoms with Crippen molar-refractivity contribution >= 4 is 33.0 Å². The Morgan fingerprint density at radius 2 is 1.95 bits per heavy atom. The summed E-state index contributed by atoms with van der Waals surface area (Å²) in [7, 11) is 1.76. The molecule has 5 nitrogen and oxygen atoms in total. The monoisotopic (exact) mass is 345 g/mol. The summed E-state index contributed by atoms with van der Waals surface area (Å²) in [4.78, 5) is 12.6. The molecule has 0 radical (unpaired) electrons. The number of nitro benzene ring substituents is 1. The first-order chi connectivity index (χ1) is 10.1. The molecule has 0 spiro atoms. The molecule has 2 aromatic carbocycles. The Morgan fingerprint density at radius 3 is 2.48 bits per heavy atom. The van der Waals surface area contributed by atoms with E-state index in [4.69, 9.17) is 5.26 Å². The number of nitrogens with zero attached hydrogens (tertiary/aromatic N) is 3. The summed E-state index contributed by atoms with van der Waals surface area (Å²) in [5, 5.41) is 20.6. The molecule has 6 heteroatoms. The summed E-state index contributed by atoms with van der Waals surface area (Å²) in [5.41, 5.74) is 2.74. The second-order valence-electron chi connectivity index (χ2n) is 4.43. The van der Waals surface area contributed by atoms with E-state index in [1.807, 2.05) is 12.1 Å². The number of halogens is 1. The van der Waals surface area contributed by atoms with E-state index in [0.717, 1.165) is 11.3 Å². The summed E-state index contributed by atoms with van der Waals surface area (Å²) in [6.07, 6.45) is 0. The van der Waals surface area contributed by atoms with Crippen LogP contribution in [0.5, 0.6) is 0 Å². The van der Waals surface area contributed by atoms with Crippen LogP contribution < -0.4 is 4.90 Å². The third-order valence-corrected chi connectivity index (χ3v) is 3.78. The largest absolute Gasteiger partial charge is 0.339 e. The zero-order valence-electron chi connectivity index (χ0n) is 11.3. The fraction of sp³-hybridized carbons (Fsp3) is 0.133. The van der Waals surface area contributed by atoms with Crippen molar-refractivity contribution in [3.05, 3.63) is 63.7 Å². The molecule has 0 saturated carbocycles. The molecule has 0 N–H and O–H groups in total. The predicted octanol–water partition coefficient (Wildman–Crippen LogP) is 4.13. The van der Waals surface area contributed by atoms with E-state index >= 15 is 0 Å². The van der Waals surface area contributed by atoms with Crippen molar-refractivity contribution in [2.75, 3.05) is 11.9 Å². The minimum atomic E-state index is -0.387. The van der Waals surface area contributed by atoms with Crippen molar-refractivity contribution in [1.29, 1.82) is 5.26 Å². The molecule has 21 heavy (non-hydrogen) atoms. The second-order valence-corrected chi connectivity index (χ2v) is 4.99. The van der Waals surface area contributed by atoms with Gasteiger partial charge in [-0.2, -0.15) is 5.26 Å². The Morgan fingerprint density at radius 1 is 1.29 bits per heavy atom. The number of rotatable bonds is 4. The van der Waals surface area contributed by atoms with Gasteiger partial charge in [0.05, 0.1) is 16.6 Å². The molecular weight excluding hydrogens is 334 g/mol. The lowest BCUT2D eigenvalue weighted by Gasteiger charge is -2.19. The maximum Gasteiger partial charge on any atom is 0.293 e. The molecule has 0 fully saturated rings. The number of benzene rings is 2. The van der Waals surface area contributed by atoms with Crippen LogP contribution in [0.3, 0.4) is 0 Å². The van der Waals surface area contributed by atoms with E-state index in [2.05, 4.69) is 15.9 Å². The van der Waals surface area contributed by atoms with Crippen LogP contribution >= 0.6 is 15.9 Å². The van der Waals surface area contributed by atoms with Crippen LogP contribution in [0.15, 0.2) is 42.5 Å². The fourth-order valence-corrected chi connectivity index (χ4v) is 2.33. The van der Waals surface area contributed by atoms with Crippen molar-refractivity contribution in [1.82, 2.24) is 0 Å². The first-order valence-electron chi connectivity index (χ1n) is 6.14. The van der Waals surface area contributed by atoms with E-state index in [1.165, 1.54) is 0 Å². The Balaban J connectivity index is 2.44. The molecular formula is C15H12BrN3O2. The molecule has 0 bridgehead atoms. The standard InChI is InChI=1S/C15H12BrN3O2/c1-18(13-5-2-11(10-17)3-6-13)14-7-4-12(9-16)8-15(14)19(20)21/h2-8H,9H2,1H3. The van der Waals surface area contributed by atoms with Crippen molar-refractivity contribution in [2.24, 2.45) is 0 Å². The van der Waals surface area contributed by atoms with E-state index in [9.17, 15) is 10.1 Å². The summed E-state index contributed by atoms with van der Waals surface area (Å²) in [6.45, 7) is 0. The van der Waals surface area contributed by atoms with Gasteiger partial charge in [-0.15, -0.1) is 0 Å². The van der Waals surface area contributed by atoms with Crippen molar-refractivity contribution < 1.29 is 4.92 Å². The Labute approximate surface area is 130 Å². The Hall–Kier alpha value is -2.39. The van der Waals surface area contributed by atoms with Gasteiger partial charge in [-0.05, 0) is 35.9 Å². The molecule has 0 amide bonds. The summed E-state index contributed by atoms with van der Waals surface area (Å²) < 4.78 is 0. The molecule has 2 rings (SSSR count). The average molecular weight is 346 g/mol. The van der Waals surface area contributed by atoms with Crippen molar-refractivity contribution in [3.8, 4) is 6.07 Å². The van der Waals surface area contributed by atoms with Gasteiger partial charge in [-0.3, -0.25) is 10.1 Å². The van der Waals surface area contributed by atoms with Gasteiger partial charge in [0.25, 0.3) is 5.69 Å². The molecule has 0 saturated heterocycles. The molecule has 2 aromatic rings. The molecule has 0 aliphatic rings. The van der Waals surface area contributed by atoms with Crippen LogP contribution in [-0.2, 0) is 5.33 Å². The van der Waals surface area contributed by atoms with Crippen molar-refractivity contribution in [3.63, 3.8) is 0 Å². The molecule has 0 aromatic heterocycles. The highest BCUT2D eigenvalue weighted by molar-refractivity contribution is 9.08. The maximum atomic E-state index is 11.2. The van der Waals surface area contributed by atoms with Gasteiger partial charge in [0, 0.05) is 24.1 Å². The number of hydrogen-bond acceptors (Lipinski definition) is 4. The maximum absolute atomic E-state index is 11.2. The van der Waals surface area contributed by atoms with Crippen LogP contribution in [0.2, 0.25) is 0 Å². The van der Waals surface area contributed by atoms with Crippen molar-refractivity contribution in [2.45, 2.75) is 5.33 Å². The number of nitriles is 1. The molecule has 0 aliphatic carbocycles. The zero-order valence-corrected chi connectivity index (χ0v) is 12.9. The highest BCUT2D eigenvalue weighted by atomic mass is 79.9. The average Bonchev–Trinajstić information content (AvgIpc) is 2.53. The van der Waals surface area contributed by atoms with E-state index < -0.39 is 0 Å². The van der Waals surface area contributed by atoms with E-state index in [1.54, 1.807) is 48.3 Å². The topological polar surface area (TPSA) is 70.2 Å². The highest BCUT2D eigenvalue weighted by Gasteiger charge is 2.18. The zero-order chi connectivity index (χ0) is 15.4. The quantitative estimate of drug-likeness (QED) is 0.474. The summed E-state index contributed by atoms with van der Waals surface area (Å²) >= 11 is 3.30. The third-order valence-electron chi connectivity index (χ3n) is 3.14. The van der Waals surface area contributed by atoms with Crippen LogP contribution in [0.4, 0.5) is 17.1 Å². The van der Waals surface area contributed by atoms with Gasteiger partial charge in [0.2, 0.25) is 0 Å². The second kappa shape index (κ2) is 6.37. The lowest BCUT2D eigenvalue weighted by molar-refractivity contribution is -0.384. The molecule has 0 atom stereocenters. The van der Waals surface area contributed by atoms with E-state index in [-0.39, 0.29) is 10.6 Å². The van der Waals surface area contributed by atoms with Gasteiger partial charge in [-0.1, -0.05) is 22.0 Å². The lowest BCUT2D eigenvalue weighted by Crippen LogP contribution is -2.11. The first kappa shape index (κ1) is 15.0. The molecule has 0 heterocycles. The van der Waals surface area contributed by atoms with Gasteiger partial charge in [0.15, 0.2) is 0 Å².